The summed E-state index contributed by atoms with van der Waals surface area (Å²) in [6.07, 6.45) is 6.05. The summed E-state index contributed by atoms with van der Waals surface area (Å²) >= 11 is 0. The highest BCUT2D eigenvalue weighted by atomic mass is 28.4. The average molecular weight is 203 g/mol. The number of hydrogen-bond donors (Lipinski definition) is 0. The summed E-state index contributed by atoms with van der Waals surface area (Å²) in [7, 11) is 2.64. The first-order valence-electron chi connectivity index (χ1n) is 4.79. The second kappa shape index (κ2) is 5.10. The van der Waals surface area contributed by atoms with Crippen molar-refractivity contribution in [2.75, 3.05) is 21.3 Å². The lowest BCUT2D eigenvalue weighted by Gasteiger charge is -2.33. The molecule has 1 saturated carbocycles. The summed E-state index contributed by atoms with van der Waals surface area (Å²) in [4.78, 5) is 0. The third kappa shape index (κ3) is 2.31. The molecule has 0 aromatic heterocycles. The molecule has 1 rings (SSSR count). The van der Waals surface area contributed by atoms with Crippen LogP contribution in [0.4, 0.5) is 0 Å². The molecule has 0 aliphatic heterocycles. The van der Waals surface area contributed by atoms with Crippen LogP contribution in [0.2, 0.25) is 0 Å². The van der Waals surface area contributed by atoms with E-state index in [1.165, 1.54) is 24.8 Å². The van der Waals surface area contributed by atoms with E-state index in [4.69, 9.17) is 13.3 Å². The summed E-state index contributed by atoms with van der Waals surface area (Å²) in [5.74, 6) is 0. The minimum Gasteiger partial charge on any atom is -0.376 e. The zero-order valence-corrected chi connectivity index (χ0v) is 9.76. The van der Waals surface area contributed by atoms with E-state index in [1.54, 1.807) is 21.3 Å². The van der Waals surface area contributed by atoms with Gasteiger partial charge < -0.3 is 13.3 Å². The fourth-order valence-corrected chi connectivity index (χ4v) is 4.30. The van der Waals surface area contributed by atoms with Gasteiger partial charge in [-0.3, -0.25) is 0 Å². The van der Waals surface area contributed by atoms with Gasteiger partial charge in [0.15, 0.2) is 0 Å². The lowest BCUT2D eigenvalue weighted by molar-refractivity contribution is 0.121. The van der Waals surface area contributed by atoms with Crippen molar-refractivity contribution in [3.05, 3.63) is 5.54 Å². The van der Waals surface area contributed by atoms with Gasteiger partial charge in [0.2, 0.25) is 0 Å². The predicted octanol–water partition coefficient (Wildman–Crippen LogP) is 1.94. The van der Waals surface area contributed by atoms with Crippen LogP contribution < -0.4 is 0 Å². The normalized spacial score (nSPS) is 20.5. The lowest BCUT2D eigenvalue weighted by Crippen LogP contribution is -2.50. The number of hydrogen-bond acceptors (Lipinski definition) is 3. The third-order valence-corrected chi connectivity index (χ3v) is 5.67. The van der Waals surface area contributed by atoms with E-state index in [1.807, 2.05) is 0 Å². The lowest BCUT2D eigenvalue weighted by atomic mass is 10.0. The molecule has 0 spiro atoms. The molecule has 0 aromatic carbocycles. The topological polar surface area (TPSA) is 27.7 Å². The Bertz CT molecular complexity index is 134. The smallest absolute Gasteiger partial charge is 0.376 e. The van der Waals surface area contributed by atoms with Crippen molar-refractivity contribution in [1.29, 1.82) is 0 Å². The highest BCUT2D eigenvalue weighted by molar-refractivity contribution is 6.66. The Balaban J connectivity index is 2.60. The minimum atomic E-state index is -2.40. The summed E-state index contributed by atoms with van der Waals surface area (Å²) in [5.41, 5.74) is 1.37. The first kappa shape index (κ1) is 11.2. The van der Waals surface area contributed by atoms with E-state index in [0.717, 1.165) is 12.8 Å². The Morgan fingerprint density at radius 2 is 1.31 bits per heavy atom. The molecule has 1 fully saturated rings. The van der Waals surface area contributed by atoms with Crippen LogP contribution in [0, 0.1) is 5.54 Å². The standard InChI is InChI=1S/C9H19O3Si/c1-10-13(11-2,12-3)9-7-5-4-6-8-9/h4-8H2,1-3H3. The van der Waals surface area contributed by atoms with Gasteiger partial charge in [0.05, 0.1) is 5.54 Å². The van der Waals surface area contributed by atoms with Gasteiger partial charge in [-0.05, 0) is 12.8 Å². The van der Waals surface area contributed by atoms with Gasteiger partial charge in [-0.2, -0.15) is 0 Å². The summed E-state index contributed by atoms with van der Waals surface area (Å²) in [6, 6.07) is 0. The zero-order chi connectivity index (χ0) is 9.73. The van der Waals surface area contributed by atoms with E-state index in [2.05, 4.69) is 0 Å². The maximum Gasteiger partial charge on any atom is 0.507 e. The van der Waals surface area contributed by atoms with Crippen molar-refractivity contribution in [1.82, 2.24) is 0 Å². The highest BCUT2D eigenvalue weighted by Gasteiger charge is 2.47. The van der Waals surface area contributed by atoms with Crippen LogP contribution in [-0.4, -0.2) is 30.1 Å². The second-order valence-electron chi connectivity index (χ2n) is 3.33. The molecule has 0 amide bonds. The molecule has 0 unspecified atom stereocenters. The Hall–Kier alpha value is 0.0969. The molecule has 1 aliphatic carbocycles. The van der Waals surface area contributed by atoms with Crippen molar-refractivity contribution >= 4 is 8.80 Å². The molecule has 3 nitrogen and oxygen atoms in total. The van der Waals surface area contributed by atoms with Crippen LogP contribution in [0.15, 0.2) is 0 Å². The Kier molecular flexibility index (Phi) is 4.38. The van der Waals surface area contributed by atoms with E-state index in [0.29, 0.717) is 0 Å². The zero-order valence-electron chi connectivity index (χ0n) is 8.76. The van der Waals surface area contributed by atoms with Crippen LogP contribution in [-0.2, 0) is 13.3 Å². The first-order valence-corrected chi connectivity index (χ1v) is 6.52. The highest BCUT2D eigenvalue weighted by Crippen LogP contribution is 2.34. The Labute approximate surface area is 81.7 Å². The van der Waals surface area contributed by atoms with Gasteiger partial charge in [0.1, 0.15) is 0 Å². The molecular formula is C9H19O3Si. The van der Waals surface area contributed by atoms with Crippen LogP contribution >= 0.6 is 0 Å². The quantitative estimate of drug-likeness (QED) is 0.654. The summed E-state index contributed by atoms with van der Waals surface area (Å²) < 4.78 is 16.3. The third-order valence-electron chi connectivity index (χ3n) is 2.70. The summed E-state index contributed by atoms with van der Waals surface area (Å²) in [6.45, 7) is 0. The molecule has 0 saturated heterocycles. The van der Waals surface area contributed by atoms with Crippen molar-refractivity contribution < 1.29 is 13.3 Å². The van der Waals surface area contributed by atoms with E-state index < -0.39 is 8.80 Å². The fraction of sp³-hybridized carbons (Fsp3) is 0.889. The number of rotatable bonds is 4. The predicted molar refractivity (Wildman–Crippen MR) is 53.1 cm³/mol. The van der Waals surface area contributed by atoms with Gasteiger partial charge >= 0.3 is 8.80 Å². The van der Waals surface area contributed by atoms with Gasteiger partial charge in [0.25, 0.3) is 0 Å². The molecule has 0 aromatic rings. The Morgan fingerprint density at radius 1 is 0.846 bits per heavy atom. The molecule has 1 radical (unpaired) electrons. The SMILES string of the molecule is CO[Si](OC)(OC)[C]1CCCCC1. The maximum absolute atomic E-state index is 5.43. The van der Waals surface area contributed by atoms with Crippen LogP contribution in [0.3, 0.4) is 0 Å². The van der Waals surface area contributed by atoms with Gasteiger partial charge in [0, 0.05) is 21.3 Å². The molecule has 0 bridgehead atoms. The van der Waals surface area contributed by atoms with Crippen molar-refractivity contribution in [2.45, 2.75) is 32.1 Å². The molecule has 13 heavy (non-hydrogen) atoms. The molecule has 0 heterocycles. The molecule has 0 N–H and O–H groups in total. The van der Waals surface area contributed by atoms with E-state index >= 15 is 0 Å². The largest absolute Gasteiger partial charge is 0.507 e. The minimum absolute atomic E-state index is 1.11. The van der Waals surface area contributed by atoms with Crippen LogP contribution in [0.25, 0.3) is 0 Å². The van der Waals surface area contributed by atoms with Crippen LogP contribution in [0.5, 0.6) is 0 Å². The summed E-state index contributed by atoms with van der Waals surface area (Å²) in [5, 5.41) is 0. The molecule has 77 valence electrons. The first-order chi connectivity index (χ1) is 6.29. The van der Waals surface area contributed by atoms with E-state index in [9.17, 15) is 0 Å². The van der Waals surface area contributed by atoms with E-state index in [-0.39, 0.29) is 0 Å². The molecule has 0 atom stereocenters. The monoisotopic (exact) mass is 203 g/mol. The van der Waals surface area contributed by atoms with Crippen LogP contribution in [0.1, 0.15) is 32.1 Å². The second-order valence-corrected chi connectivity index (χ2v) is 6.38. The molecule has 1 aliphatic rings. The Morgan fingerprint density at radius 3 is 1.69 bits per heavy atom. The van der Waals surface area contributed by atoms with Crippen molar-refractivity contribution in [2.24, 2.45) is 0 Å². The molecular weight excluding hydrogens is 184 g/mol. The fourth-order valence-electron chi connectivity index (χ4n) is 1.97. The molecule has 4 heteroatoms. The van der Waals surface area contributed by atoms with Gasteiger partial charge in [-0.15, -0.1) is 0 Å². The maximum atomic E-state index is 5.43. The average Bonchev–Trinajstić information content (AvgIpc) is 2.23. The van der Waals surface area contributed by atoms with Crippen molar-refractivity contribution in [3.8, 4) is 0 Å². The van der Waals surface area contributed by atoms with Crippen molar-refractivity contribution in [3.63, 3.8) is 0 Å². The van der Waals surface area contributed by atoms with Gasteiger partial charge in [-0.25, -0.2) is 0 Å². The van der Waals surface area contributed by atoms with Gasteiger partial charge in [-0.1, -0.05) is 19.3 Å².